The van der Waals surface area contributed by atoms with E-state index in [1.54, 1.807) is 25.3 Å². The predicted octanol–water partition coefficient (Wildman–Crippen LogP) is 2.57. The minimum absolute atomic E-state index is 0.0772. The summed E-state index contributed by atoms with van der Waals surface area (Å²) in [7, 11) is -1.95. The third kappa shape index (κ3) is 5.54. The Bertz CT molecular complexity index is 871. The normalized spacial score (nSPS) is 17.7. The van der Waals surface area contributed by atoms with Crippen LogP contribution in [0.5, 0.6) is 5.75 Å². The summed E-state index contributed by atoms with van der Waals surface area (Å²) in [5.74, 6) is 0.672. The van der Waals surface area contributed by atoms with Gasteiger partial charge in [0.25, 0.3) is 0 Å². The van der Waals surface area contributed by atoms with Crippen LogP contribution >= 0.6 is 0 Å². The standard InChI is InChI=1S/C21H28N2O4S/c1-17-14-20(8-9-21(17)27-13-12-26-2)28(24,25)22-19-10-11-23(16-19)15-18-6-4-3-5-7-18/h3-9,14,19,22H,10-13,15-16H2,1-2H3. The molecule has 0 aromatic heterocycles. The first-order valence-corrected chi connectivity index (χ1v) is 11.0. The highest BCUT2D eigenvalue weighted by Crippen LogP contribution is 2.23. The quantitative estimate of drug-likeness (QED) is 0.651. The van der Waals surface area contributed by atoms with Gasteiger partial charge in [-0.3, -0.25) is 4.90 Å². The van der Waals surface area contributed by atoms with Gasteiger partial charge >= 0.3 is 0 Å². The zero-order chi connectivity index (χ0) is 20.0. The molecule has 1 heterocycles. The van der Waals surface area contributed by atoms with Crippen molar-refractivity contribution in [1.29, 1.82) is 0 Å². The molecular formula is C21H28N2O4S. The Hall–Kier alpha value is -1.93. The first kappa shape index (κ1) is 20.8. The lowest BCUT2D eigenvalue weighted by Gasteiger charge is -2.17. The van der Waals surface area contributed by atoms with E-state index in [4.69, 9.17) is 9.47 Å². The summed E-state index contributed by atoms with van der Waals surface area (Å²) in [6.07, 6.45) is 0.809. The lowest BCUT2D eigenvalue weighted by Crippen LogP contribution is -2.37. The van der Waals surface area contributed by atoms with Crippen LogP contribution in [0, 0.1) is 6.92 Å². The van der Waals surface area contributed by atoms with Gasteiger partial charge in [-0.2, -0.15) is 0 Å². The van der Waals surface area contributed by atoms with E-state index in [1.165, 1.54) is 5.56 Å². The van der Waals surface area contributed by atoms with E-state index in [0.29, 0.717) is 25.5 Å². The molecule has 1 N–H and O–H groups in total. The molecule has 1 aliphatic heterocycles. The fourth-order valence-electron chi connectivity index (χ4n) is 3.39. The fraction of sp³-hybridized carbons (Fsp3) is 0.429. The van der Waals surface area contributed by atoms with Crippen molar-refractivity contribution in [2.75, 3.05) is 33.4 Å². The number of methoxy groups -OCH3 is 1. The van der Waals surface area contributed by atoms with Crippen LogP contribution in [0.4, 0.5) is 0 Å². The van der Waals surface area contributed by atoms with E-state index in [-0.39, 0.29) is 10.9 Å². The Labute approximate surface area is 167 Å². The third-order valence-electron chi connectivity index (χ3n) is 4.84. The van der Waals surface area contributed by atoms with Gasteiger partial charge in [0, 0.05) is 32.8 Å². The van der Waals surface area contributed by atoms with E-state index in [1.807, 2.05) is 25.1 Å². The molecule has 7 heteroatoms. The van der Waals surface area contributed by atoms with E-state index in [2.05, 4.69) is 21.8 Å². The minimum atomic E-state index is -3.56. The highest BCUT2D eigenvalue weighted by Gasteiger charge is 2.27. The summed E-state index contributed by atoms with van der Waals surface area (Å²) in [4.78, 5) is 2.55. The number of benzene rings is 2. The van der Waals surface area contributed by atoms with Gasteiger partial charge in [0.15, 0.2) is 0 Å². The van der Waals surface area contributed by atoms with Gasteiger partial charge in [0.2, 0.25) is 10.0 Å². The predicted molar refractivity (Wildman–Crippen MR) is 109 cm³/mol. The molecule has 1 atom stereocenters. The fourth-order valence-corrected chi connectivity index (χ4v) is 4.73. The summed E-state index contributed by atoms with van der Waals surface area (Å²) in [5, 5.41) is 0. The Balaban J connectivity index is 1.58. The molecule has 0 spiro atoms. The molecule has 0 aliphatic carbocycles. The van der Waals surface area contributed by atoms with Crippen LogP contribution in [0.1, 0.15) is 17.5 Å². The maximum atomic E-state index is 12.8. The number of nitrogens with zero attached hydrogens (tertiary/aromatic N) is 1. The van der Waals surface area contributed by atoms with Gasteiger partial charge in [-0.15, -0.1) is 0 Å². The molecule has 1 saturated heterocycles. The van der Waals surface area contributed by atoms with Crippen molar-refractivity contribution in [2.45, 2.75) is 30.8 Å². The van der Waals surface area contributed by atoms with Gasteiger partial charge in [0.1, 0.15) is 12.4 Å². The van der Waals surface area contributed by atoms with Crippen LogP contribution in [0.15, 0.2) is 53.4 Å². The van der Waals surface area contributed by atoms with E-state index in [0.717, 1.165) is 25.1 Å². The lowest BCUT2D eigenvalue weighted by atomic mass is 10.2. The SMILES string of the molecule is COCCOc1ccc(S(=O)(=O)NC2CCN(Cc3ccccc3)C2)cc1C. The first-order chi connectivity index (χ1) is 13.5. The zero-order valence-electron chi connectivity index (χ0n) is 16.4. The molecule has 2 aromatic carbocycles. The first-order valence-electron chi connectivity index (χ1n) is 9.49. The number of hydrogen-bond acceptors (Lipinski definition) is 5. The van der Waals surface area contributed by atoms with Crippen LogP contribution in [0.2, 0.25) is 0 Å². The topological polar surface area (TPSA) is 67.9 Å². The number of ether oxygens (including phenoxy) is 2. The van der Waals surface area contributed by atoms with Gasteiger partial charge < -0.3 is 9.47 Å². The third-order valence-corrected chi connectivity index (χ3v) is 6.36. The molecule has 3 rings (SSSR count). The molecule has 0 bridgehead atoms. The molecular weight excluding hydrogens is 376 g/mol. The number of rotatable bonds is 9. The molecule has 1 aliphatic rings. The van der Waals surface area contributed by atoms with Gasteiger partial charge in [-0.05, 0) is 42.7 Å². The molecule has 1 unspecified atom stereocenters. The van der Waals surface area contributed by atoms with E-state index >= 15 is 0 Å². The number of hydrogen-bond donors (Lipinski definition) is 1. The smallest absolute Gasteiger partial charge is 0.240 e. The molecule has 1 fully saturated rings. The van der Waals surface area contributed by atoms with Crippen molar-refractivity contribution in [1.82, 2.24) is 9.62 Å². The van der Waals surface area contributed by atoms with Crippen LogP contribution < -0.4 is 9.46 Å². The summed E-state index contributed by atoms with van der Waals surface area (Å²) >= 11 is 0. The van der Waals surface area contributed by atoms with Crippen LogP contribution in [0.25, 0.3) is 0 Å². The highest BCUT2D eigenvalue weighted by molar-refractivity contribution is 7.89. The van der Waals surface area contributed by atoms with Crippen LogP contribution in [0.3, 0.4) is 0 Å². The summed E-state index contributed by atoms with van der Waals surface area (Å²) in [6, 6.07) is 15.1. The molecule has 6 nitrogen and oxygen atoms in total. The van der Waals surface area contributed by atoms with E-state index in [9.17, 15) is 8.42 Å². The zero-order valence-corrected chi connectivity index (χ0v) is 17.2. The maximum absolute atomic E-state index is 12.8. The van der Waals surface area contributed by atoms with Crippen LogP contribution in [-0.2, 0) is 21.3 Å². The monoisotopic (exact) mass is 404 g/mol. The largest absolute Gasteiger partial charge is 0.491 e. The average Bonchev–Trinajstić information content (AvgIpc) is 3.10. The Morgan fingerprint density at radius 2 is 1.93 bits per heavy atom. The van der Waals surface area contributed by atoms with E-state index < -0.39 is 10.0 Å². The van der Waals surface area contributed by atoms with Gasteiger partial charge in [0.05, 0.1) is 11.5 Å². The molecule has 0 radical (unpaired) electrons. The minimum Gasteiger partial charge on any atom is -0.491 e. The molecule has 0 saturated carbocycles. The average molecular weight is 405 g/mol. The van der Waals surface area contributed by atoms with Gasteiger partial charge in [-0.1, -0.05) is 30.3 Å². The Morgan fingerprint density at radius 1 is 1.14 bits per heavy atom. The van der Waals surface area contributed by atoms with Crippen molar-refractivity contribution < 1.29 is 17.9 Å². The number of likely N-dealkylation sites (tertiary alicyclic amines) is 1. The lowest BCUT2D eigenvalue weighted by molar-refractivity contribution is 0.146. The summed E-state index contributed by atoms with van der Waals surface area (Å²) in [6.45, 7) is 5.20. The van der Waals surface area contributed by atoms with Gasteiger partial charge in [-0.25, -0.2) is 13.1 Å². The van der Waals surface area contributed by atoms with Crippen LogP contribution in [-0.4, -0.2) is 52.8 Å². The number of aryl methyl sites for hydroxylation is 1. The molecule has 28 heavy (non-hydrogen) atoms. The summed E-state index contributed by atoms with van der Waals surface area (Å²) < 4.78 is 39.0. The van der Waals surface area contributed by atoms with Crippen molar-refractivity contribution in [3.05, 3.63) is 59.7 Å². The molecule has 152 valence electrons. The second-order valence-electron chi connectivity index (χ2n) is 7.10. The van der Waals surface area contributed by atoms with Crippen molar-refractivity contribution >= 4 is 10.0 Å². The maximum Gasteiger partial charge on any atom is 0.240 e. The van der Waals surface area contributed by atoms with Crippen molar-refractivity contribution in [2.24, 2.45) is 0 Å². The van der Waals surface area contributed by atoms with Crippen molar-refractivity contribution in [3.8, 4) is 5.75 Å². The summed E-state index contributed by atoms with van der Waals surface area (Å²) in [5.41, 5.74) is 2.03. The number of nitrogens with one attached hydrogen (secondary N) is 1. The Morgan fingerprint density at radius 3 is 2.64 bits per heavy atom. The second kappa shape index (κ2) is 9.52. The Kier molecular flexibility index (Phi) is 7.07. The molecule has 0 amide bonds. The van der Waals surface area contributed by atoms with Crippen molar-refractivity contribution in [3.63, 3.8) is 0 Å². The second-order valence-corrected chi connectivity index (χ2v) is 8.81. The molecule has 2 aromatic rings. The number of sulfonamides is 1. The highest BCUT2D eigenvalue weighted by atomic mass is 32.2.